The summed E-state index contributed by atoms with van der Waals surface area (Å²) in [6.07, 6.45) is 2.96. The van der Waals surface area contributed by atoms with Crippen LogP contribution in [0.5, 0.6) is 5.88 Å². The topological polar surface area (TPSA) is 81.4 Å². The van der Waals surface area contributed by atoms with Crippen molar-refractivity contribution in [1.29, 1.82) is 0 Å². The minimum Gasteiger partial charge on any atom is -0.471 e. The van der Waals surface area contributed by atoms with Crippen molar-refractivity contribution < 1.29 is 14.1 Å². The largest absolute Gasteiger partial charge is 0.471 e. The maximum absolute atomic E-state index is 12.5. The molecule has 2 fully saturated rings. The average molecular weight is 314 g/mol. The number of aryl methyl sites for hydroxylation is 1. The van der Waals surface area contributed by atoms with E-state index in [0.29, 0.717) is 30.6 Å². The van der Waals surface area contributed by atoms with Crippen molar-refractivity contribution in [2.75, 3.05) is 13.1 Å². The summed E-state index contributed by atoms with van der Waals surface area (Å²) in [4.78, 5) is 14.2. The summed E-state index contributed by atoms with van der Waals surface area (Å²) >= 11 is 0. The third kappa shape index (κ3) is 3.04. The highest BCUT2D eigenvalue weighted by Crippen LogP contribution is 2.40. The molecule has 2 aliphatic rings. The maximum Gasteiger partial charge on any atom is 0.276 e. The monoisotopic (exact) mass is 314 g/mol. The van der Waals surface area contributed by atoms with Crippen LogP contribution in [0, 0.1) is 6.92 Å². The first kappa shape index (κ1) is 14.2. The van der Waals surface area contributed by atoms with E-state index < -0.39 is 0 Å². The van der Waals surface area contributed by atoms with Gasteiger partial charge in [-0.25, -0.2) is 0 Å². The van der Waals surface area contributed by atoms with Gasteiger partial charge < -0.3 is 14.2 Å². The number of hydrogen-bond donors (Lipinski definition) is 0. The highest BCUT2D eigenvalue weighted by molar-refractivity contribution is 5.92. The zero-order valence-corrected chi connectivity index (χ0v) is 12.9. The molecule has 1 saturated carbocycles. The lowest BCUT2D eigenvalue weighted by Gasteiger charge is -2.15. The van der Waals surface area contributed by atoms with Crippen molar-refractivity contribution in [2.24, 2.45) is 0 Å². The van der Waals surface area contributed by atoms with Gasteiger partial charge >= 0.3 is 0 Å². The first-order valence-corrected chi connectivity index (χ1v) is 7.92. The lowest BCUT2D eigenvalue weighted by molar-refractivity contribution is 0.0760. The van der Waals surface area contributed by atoms with Gasteiger partial charge in [0.15, 0.2) is 5.69 Å². The first-order valence-electron chi connectivity index (χ1n) is 7.92. The van der Waals surface area contributed by atoms with Gasteiger partial charge in [0.05, 0.1) is 12.2 Å². The number of carbonyl (C=O) groups excluding carboxylic acids is 1. The van der Waals surface area contributed by atoms with Crippen molar-refractivity contribution in [3.8, 4) is 5.88 Å². The Kier molecular flexibility index (Phi) is 3.48. The van der Waals surface area contributed by atoms with Crippen LogP contribution < -0.4 is 4.74 Å². The van der Waals surface area contributed by atoms with Gasteiger partial charge in [0.25, 0.3) is 5.91 Å². The highest BCUT2D eigenvalue weighted by atomic mass is 16.5. The summed E-state index contributed by atoms with van der Waals surface area (Å²) in [6.45, 7) is 3.05. The molecule has 7 nitrogen and oxygen atoms in total. The summed E-state index contributed by atoms with van der Waals surface area (Å²) in [5, 5.41) is 11.9. The Balaban J connectivity index is 1.37. The van der Waals surface area contributed by atoms with E-state index in [1.165, 1.54) is 0 Å². The van der Waals surface area contributed by atoms with Crippen LogP contribution in [-0.4, -0.2) is 45.4 Å². The second-order valence-electron chi connectivity index (χ2n) is 6.18. The van der Waals surface area contributed by atoms with Crippen molar-refractivity contribution in [1.82, 2.24) is 20.3 Å². The summed E-state index contributed by atoms with van der Waals surface area (Å²) in [7, 11) is 0. The van der Waals surface area contributed by atoms with Crippen LogP contribution in [0.1, 0.15) is 47.1 Å². The fourth-order valence-electron chi connectivity index (χ4n) is 2.74. The Morgan fingerprint density at radius 3 is 2.91 bits per heavy atom. The van der Waals surface area contributed by atoms with E-state index in [4.69, 9.17) is 9.26 Å². The molecule has 7 heteroatoms. The second kappa shape index (κ2) is 5.64. The zero-order chi connectivity index (χ0) is 15.8. The molecule has 0 radical (unpaired) electrons. The van der Waals surface area contributed by atoms with Gasteiger partial charge in [-0.1, -0.05) is 5.16 Å². The standard InChI is InChI=1S/C16H18N4O3/c1-10-2-5-15(18-17-10)22-12-6-7-20(9-12)16(21)13-8-14(23-19-13)11-3-4-11/h2,5,8,11-12H,3-4,6-7,9H2,1H3/t12-/m1/s1. The molecule has 4 rings (SSSR count). The number of hydrogen-bond acceptors (Lipinski definition) is 6. The summed E-state index contributed by atoms with van der Waals surface area (Å²) < 4.78 is 11.0. The summed E-state index contributed by atoms with van der Waals surface area (Å²) in [6, 6.07) is 5.43. The van der Waals surface area contributed by atoms with Crippen molar-refractivity contribution in [2.45, 2.75) is 38.2 Å². The fourth-order valence-corrected chi connectivity index (χ4v) is 2.74. The molecule has 3 heterocycles. The molecule has 0 unspecified atom stereocenters. The zero-order valence-electron chi connectivity index (χ0n) is 12.9. The number of amides is 1. The molecule has 120 valence electrons. The fraction of sp³-hybridized carbons (Fsp3) is 0.500. The number of carbonyl (C=O) groups is 1. The predicted molar refractivity (Wildman–Crippen MR) is 80.2 cm³/mol. The lowest BCUT2D eigenvalue weighted by Crippen LogP contribution is -2.31. The lowest BCUT2D eigenvalue weighted by atomic mass is 10.2. The van der Waals surface area contributed by atoms with E-state index in [2.05, 4.69) is 15.4 Å². The Hall–Kier alpha value is -2.44. The van der Waals surface area contributed by atoms with Crippen molar-refractivity contribution >= 4 is 5.91 Å². The summed E-state index contributed by atoms with van der Waals surface area (Å²) in [5.41, 5.74) is 1.24. The highest BCUT2D eigenvalue weighted by Gasteiger charge is 2.32. The van der Waals surface area contributed by atoms with Gasteiger partial charge in [0.1, 0.15) is 11.9 Å². The van der Waals surface area contributed by atoms with Gasteiger partial charge in [-0.3, -0.25) is 4.79 Å². The Morgan fingerprint density at radius 2 is 2.17 bits per heavy atom. The van der Waals surface area contributed by atoms with Crippen LogP contribution in [0.4, 0.5) is 0 Å². The minimum absolute atomic E-state index is 0.0641. The van der Waals surface area contributed by atoms with Crippen LogP contribution in [-0.2, 0) is 0 Å². The molecule has 1 saturated heterocycles. The SMILES string of the molecule is Cc1ccc(O[C@@H]2CCN(C(=O)c3cc(C4CC4)on3)C2)nn1. The van der Waals surface area contributed by atoms with Crippen LogP contribution in [0.2, 0.25) is 0 Å². The summed E-state index contributed by atoms with van der Waals surface area (Å²) in [5.74, 6) is 1.68. The van der Waals surface area contributed by atoms with E-state index in [0.717, 1.165) is 30.7 Å². The molecule has 0 N–H and O–H groups in total. The molecule has 1 atom stereocenters. The molecule has 0 spiro atoms. The van der Waals surface area contributed by atoms with Crippen LogP contribution in [0.3, 0.4) is 0 Å². The van der Waals surface area contributed by atoms with Crippen LogP contribution in [0.25, 0.3) is 0 Å². The Bertz CT molecular complexity index is 708. The molecule has 1 aliphatic heterocycles. The molecule has 1 aliphatic carbocycles. The number of likely N-dealkylation sites (tertiary alicyclic amines) is 1. The van der Waals surface area contributed by atoms with E-state index >= 15 is 0 Å². The predicted octanol–water partition coefficient (Wildman–Crippen LogP) is 1.94. The first-order chi connectivity index (χ1) is 11.2. The average Bonchev–Trinajstić information content (AvgIpc) is 3.11. The van der Waals surface area contributed by atoms with Gasteiger partial charge in [-0.2, -0.15) is 5.10 Å². The van der Waals surface area contributed by atoms with Crippen molar-refractivity contribution in [3.63, 3.8) is 0 Å². The van der Waals surface area contributed by atoms with Crippen LogP contribution in [0.15, 0.2) is 22.7 Å². The van der Waals surface area contributed by atoms with Gasteiger partial charge in [-0.15, -0.1) is 5.10 Å². The third-order valence-corrected chi connectivity index (χ3v) is 4.22. The number of aromatic nitrogens is 3. The molecule has 0 bridgehead atoms. The van der Waals surface area contributed by atoms with E-state index in [1.54, 1.807) is 17.0 Å². The Labute approximate surface area is 133 Å². The molecule has 1 amide bonds. The number of nitrogens with zero attached hydrogens (tertiary/aromatic N) is 4. The molecular formula is C16H18N4O3. The molecule has 23 heavy (non-hydrogen) atoms. The minimum atomic E-state index is -0.0956. The van der Waals surface area contributed by atoms with Gasteiger partial charge in [0, 0.05) is 31.0 Å². The smallest absolute Gasteiger partial charge is 0.276 e. The molecule has 2 aromatic heterocycles. The van der Waals surface area contributed by atoms with Gasteiger partial charge in [-0.05, 0) is 25.8 Å². The maximum atomic E-state index is 12.5. The van der Waals surface area contributed by atoms with E-state index in [1.807, 2.05) is 13.0 Å². The normalized spacial score (nSPS) is 20.7. The van der Waals surface area contributed by atoms with Gasteiger partial charge in [0.2, 0.25) is 5.88 Å². The Morgan fingerprint density at radius 1 is 1.30 bits per heavy atom. The molecule has 0 aromatic carbocycles. The third-order valence-electron chi connectivity index (χ3n) is 4.22. The van der Waals surface area contributed by atoms with Crippen molar-refractivity contribution in [3.05, 3.63) is 35.3 Å². The van der Waals surface area contributed by atoms with Crippen LogP contribution >= 0.6 is 0 Å². The molecular weight excluding hydrogens is 296 g/mol. The quantitative estimate of drug-likeness (QED) is 0.858. The number of rotatable bonds is 4. The number of ether oxygens (including phenoxy) is 1. The van der Waals surface area contributed by atoms with E-state index in [-0.39, 0.29) is 12.0 Å². The van der Waals surface area contributed by atoms with E-state index in [9.17, 15) is 4.79 Å². The second-order valence-corrected chi connectivity index (χ2v) is 6.18. The molecule has 2 aromatic rings.